The summed E-state index contributed by atoms with van der Waals surface area (Å²) in [4.78, 5) is 23.0. The minimum Gasteiger partial charge on any atom is -0.465 e. The van der Waals surface area contributed by atoms with Crippen LogP contribution in [0.2, 0.25) is 0 Å². The number of hydrogen-bond donors (Lipinski definition) is 1. The zero-order valence-corrected chi connectivity index (χ0v) is 14.7. The van der Waals surface area contributed by atoms with Gasteiger partial charge in [0.05, 0.1) is 12.4 Å². The van der Waals surface area contributed by atoms with E-state index in [0.29, 0.717) is 11.8 Å². The van der Waals surface area contributed by atoms with Crippen LogP contribution in [-0.2, 0) is 21.4 Å². The molecule has 1 aromatic carbocycles. The molecule has 0 radical (unpaired) electrons. The molecule has 0 unspecified atom stereocenters. The monoisotopic (exact) mass is 348 g/mol. The number of rotatable bonds is 7. The summed E-state index contributed by atoms with van der Waals surface area (Å²) in [6, 6.07) is 7.99. The van der Waals surface area contributed by atoms with Crippen molar-refractivity contribution < 1.29 is 14.3 Å². The molecule has 7 nitrogen and oxygen atoms in total. The normalized spacial score (nSPS) is 10.5. The van der Waals surface area contributed by atoms with Gasteiger partial charge in [-0.2, -0.15) is 0 Å². The first-order chi connectivity index (χ1) is 11.5. The van der Waals surface area contributed by atoms with Crippen molar-refractivity contribution in [3.8, 4) is 11.4 Å². The number of nitrogens with zero attached hydrogens (tertiary/aromatic N) is 3. The van der Waals surface area contributed by atoms with Crippen LogP contribution in [0.5, 0.6) is 0 Å². The maximum Gasteiger partial charge on any atom is 0.325 e. The van der Waals surface area contributed by atoms with E-state index in [2.05, 4.69) is 15.5 Å². The second-order valence-electron chi connectivity index (χ2n) is 5.11. The van der Waals surface area contributed by atoms with Crippen LogP contribution in [0.15, 0.2) is 29.4 Å². The van der Waals surface area contributed by atoms with Crippen LogP contribution in [0.1, 0.15) is 12.5 Å². The minimum absolute atomic E-state index is 0.124. The van der Waals surface area contributed by atoms with Crippen molar-refractivity contribution in [1.29, 1.82) is 0 Å². The molecule has 1 heterocycles. The Morgan fingerprint density at radius 1 is 1.33 bits per heavy atom. The summed E-state index contributed by atoms with van der Waals surface area (Å²) in [7, 11) is 1.86. The maximum atomic E-state index is 11.8. The molecular formula is C16H20N4O3S. The van der Waals surface area contributed by atoms with Crippen LogP contribution in [0.4, 0.5) is 0 Å². The van der Waals surface area contributed by atoms with Gasteiger partial charge in [0.15, 0.2) is 11.0 Å². The number of amides is 1. The van der Waals surface area contributed by atoms with Crippen LogP contribution in [0.3, 0.4) is 0 Å². The predicted molar refractivity (Wildman–Crippen MR) is 91.5 cm³/mol. The van der Waals surface area contributed by atoms with Crippen molar-refractivity contribution in [2.24, 2.45) is 7.05 Å². The molecule has 8 heteroatoms. The van der Waals surface area contributed by atoms with E-state index in [4.69, 9.17) is 4.74 Å². The summed E-state index contributed by atoms with van der Waals surface area (Å²) in [5.41, 5.74) is 2.12. The second-order valence-corrected chi connectivity index (χ2v) is 6.05. The van der Waals surface area contributed by atoms with Crippen molar-refractivity contribution in [1.82, 2.24) is 20.1 Å². The van der Waals surface area contributed by atoms with E-state index < -0.39 is 5.97 Å². The zero-order chi connectivity index (χ0) is 17.5. The lowest BCUT2D eigenvalue weighted by atomic mass is 10.1. The highest BCUT2D eigenvalue weighted by atomic mass is 32.2. The molecule has 0 aliphatic heterocycles. The number of aryl methyl sites for hydroxylation is 1. The number of ether oxygens (including phenoxy) is 1. The van der Waals surface area contributed by atoms with Crippen molar-refractivity contribution in [2.75, 3.05) is 18.9 Å². The van der Waals surface area contributed by atoms with E-state index in [1.54, 1.807) is 6.92 Å². The van der Waals surface area contributed by atoms with Crippen molar-refractivity contribution >= 4 is 23.6 Å². The van der Waals surface area contributed by atoms with E-state index in [1.165, 1.54) is 11.8 Å². The Morgan fingerprint density at radius 2 is 2.12 bits per heavy atom. The summed E-state index contributed by atoms with van der Waals surface area (Å²) in [6.07, 6.45) is 0. The molecule has 24 heavy (non-hydrogen) atoms. The standard InChI is InChI=1S/C16H20N4O3S/c1-4-23-14(22)9-17-13(21)10-24-16-19-18-15(20(16)3)12-7-5-6-11(2)8-12/h5-8H,4,9-10H2,1-3H3,(H,17,21). The number of carbonyl (C=O) groups excluding carboxylic acids is 2. The lowest BCUT2D eigenvalue weighted by Gasteiger charge is -2.06. The molecule has 0 spiro atoms. The van der Waals surface area contributed by atoms with E-state index in [-0.39, 0.29) is 18.2 Å². The van der Waals surface area contributed by atoms with Crippen LogP contribution in [0.25, 0.3) is 11.4 Å². The third-order valence-corrected chi connectivity index (χ3v) is 4.20. The molecule has 128 valence electrons. The van der Waals surface area contributed by atoms with Gasteiger partial charge in [-0.25, -0.2) is 0 Å². The zero-order valence-electron chi connectivity index (χ0n) is 13.9. The number of nitrogens with one attached hydrogen (secondary N) is 1. The van der Waals surface area contributed by atoms with Crippen molar-refractivity contribution in [3.05, 3.63) is 29.8 Å². The lowest BCUT2D eigenvalue weighted by molar-refractivity contribution is -0.143. The molecule has 0 aliphatic rings. The van der Waals surface area contributed by atoms with E-state index in [1.807, 2.05) is 42.8 Å². The molecule has 1 N–H and O–H groups in total. The summed E-state index contributed by atoms with van der Waals surface area (Å²) in [6.45, 7) is 3.91. The van der Waals surface area contributed by atoms with Crippen LogP contribution >= 0.6 is 11.8 Å². The molecule has 1 aromatic heterocycles. The second kappa shape index (κ2) is 8.49. The Morgan fingerprint density at radius 3 is 2.83 bits per heavy atom. The first kappa shape index (κ1) is 18.0. The molecule has 0 bridgehead atoms. The van der Waals surface area contributed by atoms with Gasteiger partial charge in [0, 0.05) is 12.6 Å². The van der Waals surface area contributed by atoms with E-state index >= 15 is 0 Å². The average Bonchev–Trinajstić information content (AvgIpc) is 2.92. The third-order valence-electron chi connectivity index (χ3n) is 3.18. The largest absolute Gasteiger partial charge is 0.465 e. The number of esters is 1. The number of aromatic nitrogens is 3. The van der Waals surface area contributed by atoms with Gasteiger partial charge in [-0.15, -0.1) is 10.2 Å². The first-order valence-electron chi connectivity index (χ1n) is 7.52. The molecule has 0 saturated heterocycles. The van der Waals surface area contributed by atoms with Gasteiger partial charge in [0.1, 0.15) is 6.54 Å². The Hall–Kier alpha value is -2.35. The number of hydrogen-bond acceptors (Lipinski definition) is 6. The number of thioether (sulfide) groups is 1. The van der Waals surface area contributed by atoms with Gasteiger partial charge in [-0.1, -0.05) is 35.5 Å². The molecule has 0 saturated carbocycles. The predicted octanol–water partition coefficient (Wildman–Crippen LogP) is 1.56. The SMILES string of the molecule is CCOC(=O)CNC(=O)CSc1nnc(-c2cccc(C)c2)n1C. The number of benzene rings is 1. The minimum atomic E-state index is -0.448. The Labute approximate surface area is 144 Å². The Balaban J connectivity index is 1.92. The summed E-state index contributed by atoms with van der Waals surface area (Å²) in [5, 5.41) is 11.5. The van der Waals surface area contributed by atoms with Crippen molar-refractivity contribution in [3.63, 3.8) is 0 Å². The van der Waals surface area contributed by atoms with Gasteiger partial charge >= 0.3 is 5.97 Å². The maximum absolute atomic E-state index is 11.8. The highest BCUT2D eigenvalue weighted by molar-refractivity contribution is 7.99. The quantitative estimate of drug-likeness (QED) is 0.604. The van der Waals surface area contributed by atoms with Crippen LogP contribution in [-0.4, -0.2) is 45.5 Å². The van der Waals surface area contributed by atoms with Gasteiger partial charge in [0.25, 0.3) is 0 Å². The van der Waals surface area contributed by atoms with Gasteiger partial charge < -0.3 is 14.6 Å². The fourth-order valence-corrected chi connectivity index (χ4v) is 2.78. The molecule has 0 atom stereocenters. The molecule has 0 aliphatic carbocycles. The topological polar surface area (TPSA) is 86.1 Å². The summed E-state index contributed by atoms with van der Waals surface area (Å²) >= 11 is 1.27. The molecular weight excluding hydrogens is 328 g/mol. The van der Waals surface area contributed by atoms with Crippen molar-refractivity contribution in [2.45, 2.75) is 19.0 Å². The van der Waals surface area contributed by atoms with E-state index in [9.17, 15) is 9.59 Å². The van der Waals surface area contributed by atoms with Gasteiger partial charge in [-0.05, 0) is 19.9 Å². The Bertz CT molecular complexity index is 730. The fraction of sp³-hybridized carbons (Fsp3) is 0.375. The van der Waals surface area contributed by atoms with Gasteiger partial charge in [0.2, 0.25) is 5.91 Å². The highest BCUT2D eigenvalue weighted by Crippen LogP contribution is 2.23. The molecule has 0 fully saturated rings. The summed E-state index contributed by atoms with van der Waals surface area (Å²) in [5.74, 6) is 0.191. The fourth-order valence-electron chi connectivity index (χ4n) is 2.04. The average molecular weight is 348 g/mol. The summed E-state index contributed by atoms with van der Waals surface area (Å²) < 4.78 is 6.59. The van der Waals surface area contributed by atoms with Crippen LogP contribution in [0, 0.1) is 6.92 Å². The smallest absolute Gasteiger partial charge is 0.325 e. The molecule has 1 amide bonds. The van der Waals surface area contributed by atoms with Crippen LogP contribution < -0.4 is 5.32 Å². The third kappa shape index (κ3) is 4.82. The highest BCUT2D eigenvalue weighted by Gasteiger charge is 2.13. The molecule has 2 rings (SSSR count). The Kier molecular flexibility index (Phi) is 6.36. The lowest BCUT2D eigenvalue weighted by Crippen LogP contribution is -2.31. The first-order valence-corrected chi connectivity index (χ1v) is 8.51. The van der Waals surface area contributed by atoms with E-state index in [0.717, 1.165) is 17.0 Å². The van der Waals surface area contributed by atoms with Gasteiger partial charge in [-0.3, -0.25) is 9.59 Å². The number of carbonyl (C=O) groups is 2. The molecule has 2 aromatic rings.